The fraction of sp³-hybridized carbons (Fsp3) is 0.238. The first-order valence-electron chi connectivity index (χ1n) is 8.67. The quantitative estimate of drug-likeness (QED) is 0.586. The van der Waals surface area contributed by atoms with Crippen molar-refractivity contribution in [2.24, 2.45) is 0 Å². The molecule has 27 heavy (non-hydrogen) atoms. The van der Waals surface area contributed by atoms with Gasteiger partial charge >= 0.3 is 5.97 Å². The van der Waals surface area contributed by atoms with Crippen LogP contribution >= 0.6 is 15.9 Å². The van der Waals surface area contributed by atoms with Crippen molar-refractivity contribution < 1.29 is 19.4 Å². The van der Waals surface area contributed by atoms with Gasteiger partial charge in [-0.3, -0.25) is 4.79 Å². The van der Waals surface area contributed by atoms with Crippen molar-refractivity contribution in [2.75, 3.05) is 6.61 Å². The number of nitrogens with one attached hydrogen (secondary N) is 1. The van der Waals surface area contributed by atoms with Crippen LogP contribution in [-0.2, 0) is 16.0 Å². The van der Waals surface area contributed by atoms with Crippen molar-refractivity contribution in [3.05, 3.63) is 70.2 Å². The van der Waals surface area contributed by atoms with Crippen molar-refractivity contribution in [2.45, 2.75) is 25.8 Å². The number of ether oxygens (including phenoxy) is 1. The molecule has 5 nitrogen and oxygen atoms in total. The van der Waals surface area contributed by atoms with E-state index in [0.717, 1.165) is 22.0 Å². The van der Waals surface area contributed by atoms with Crippen LogP contribution in [-0.4, -0.2) is 29.6 Å². The van der Waals surface area contributed by atoms with Gasteiger partial charge in [-0.2, -0.15) is 0 Å². The second-order valence-electron chi connectivity index (χ2n) is 5.95. The summed E-state index contributed by atoms with van der Waals surface area (Å²) in [5.74, 6) is -0.877. The first kappa shape index (κ1) is 20.7. The average Bonchev–Trinajstić information content (AvgIpc) is 2.66. The lowest BCUT2D eigenvalue weighted by Gasteiger charge is -2.13. The number of carboxylic acid groups (broad SMARTS) is 1. The summed E-state index contributed by atoms with van der Waals surface area (Å²) in [5.41, 5.74) is 1.58. The molecule has 2 rings (SSSR count). The molecule has 1 amide bonds. The van der Waals surface area contributed by atoms with Crippen LogP contribution in [0.3, 0.4) is 0 Å². The summed E-state index contributed by atoms with van der Waals surface area (Å²) in [5, 5.41) is 11.9. The molecule has 0 fully saturated rings. The molecule has 0 unspecified atom stereocenters. The SMILES string of the molecule is CCCOc1ccc(Br)cc1/C=C/C(=O)N[C@@H](Cc1ccccc1)C(=O)O. The molecule has 0 saturated carbocycles. The number of carboxylic acids is 1. The molecule has 2 aromatic rings. The fourth-order valence-corrected chi connectivity index (χ4v) is 2.81. The predicted octanol–water partition coefficient (Wildman–Crippen LogP) is 4.06. The number of amides is 1. The Balaban J connectivity index is 2.06. The third-order valence-electron chi connectivity index (χ3n) is 3.75. The molecule has 0 aliphatic rings. The highest BCUT2D eigenvalue weighted by Crippen LogP contribution is 2.24. The lowest BCUT2D eigenvalue weighted by Crippen LogP contribution is -2.41. The van der Waals surface area contributed by atoms with Gasteiger partial charge in [-0.05, 0) is 36.3 Å². The molecule has 2 aromatic carbocycles. The molecule has 6 heteroatoms. The standard InChI is InChI=1S/C21H22BrNO4/c1-2-12-27-19-10-9-17(22)14-16(19)8-11-20(24)23-18(21(25)26)13-15-6-4-3-5-7-15/h3-11,14,18H,2,12-13H2,1H3,(H,23,24)(H,25,26)/b11-8+/t18-/m0/s1. The highest BCUT2D eigenvalue weighted by Gasteiger charge is 2.19. The highest BCUT2D eigenvalue weighted by atomic mass is 79.9. The van der Waals surface area contributed by atoms with Crippen LogP contribution in [0, 0.1) is 0 Å². The average molecular weight is 432 g/mol. The van der Waals surface area contributed by atoms with Crippen molar-refractivity contribution in [1.29, 1.82) is 0 Å². The maximum atomic E-state index is 12.2. The maximum absolute atomic E-state index is 12.2. The Morgan fingerprint density at radius 3 is 2.63 bits per heavy atom. The van der Waals surface area contributed by atoms with Crippen LogP contribution in [0.4, 0.5) is 0 Å². The lowest BCUT2D eigenvalue weighted by molar-refractivity contribution is -0.141. The minimum absolute atomic E-state index is 0.220. The van der Waals surface area contributed by atoms with Crippen LogP contribution < -0.4 is 10.1 Å². The van der Waals surface area contributed by atoms with Crippen molar-refractivity contribution in [3.63, 3.8) is 0 Å². The zero-order valence-corrected chi connectivity index (χ0v) is 16.6. The van der Waals surface area contributed by atoms with Gasteiger partial charge in [-0.25, -0.2) is 4.79 Å². The van der Waals surface area contributed by atoms with E-state index in [0.29, 0.717) is 12.4 Å². The van der Waals surface area contributed by atoms with E-state index in [9.17, 15) is 14.7 Å². The third-order valence-corrected chi connectivity index (χ3v) is 4.24. The monoisotopic (exact) mass is 431 g/mol. The molecule has 0 saturated heterocycles. The van der Waals surface area contributed by atoms with E-state index >= 15 is 0 Å². The third kappa shape index (κ3) is 6.90. The molecule has 0 heterocycles. The Morgan fingerprint density at radius 1 is 1.22 bits per heavy atom. The number of aliphatic carboxylic acids is 1. The molecule has 0 radical (unpaired) electrons. The summed E-state index contributed by atoms with van der Waals surface area (Å²) in [6.07, 6.45) is 4.03. The molecule has 1 atom stereocenters. The Hall–Kier alpha value is -2.60. The summed E-state index contributed by atoms with van der Waals surface area (Å²) < 4.78 is 6.53. The van der Waals surface area contributed by atoms with Crippen LogP contribution in [0.25, 0.3) is 6.08 Å². The summed E-state index contributed by atoms with van der Waals surface area (Å²) >= 11 is 3.40. The molecule has 0 aliphatic carbocycles. The first-order valence-corrected chi connectivity index (χ1v) is 9.46. The van der Waals surface area contributed by atoms with Crippen LogP contribution in [0.2, 0.25) is 0 Å². The highest BCUT2D eigenvalue weighted by molar-refractivity contribution is 9.10. The van der Waals surface area contributed by atoms with E-state index in [1.54, 1.807) is 6.08 Å². The number of benzene rings is 2. The second-order valence-corrected chi connectivity index (χ2v) is 6.87. The van der Waals surface area contributed by atoms with Gasteiger partial charge < -0.3 is 15.2 Å². The number of carbonyl (C=O) groups excluding carboxylic acids is 1. The number of carbonyl (C=O) groups is 2. The van der Waals surface area contributed by atoms with Crippen molar-refractivity contribution >= 4 is 33.9 Å². The maximum Gasteiger partial charge on any atom is 0.326 e. The molecule has 0 aromatic heterocycles. The zero-order valence-electron chi connectivity index (χ0n) is 15.0. The van der Waals surface area contributed by atoms with Gasteiger partial charge in [0.15, 0.2) is 0 Å². The number of halogens is 1. The van der Waals surface area contributed by atoms with E-state index in [1.807, 2.05) is 55.5 Å². The van der Waals surface area contributed by atoms with Gasteiger partial charge in [0.25, 0.3) is 0 Å². The summed E-state index contributed by atoms with van der Waals surface area (Å²) in [6, 6.07) is 13.7. The lowest BCUT2D eigenvalue weighted by atomic mass is 10.1. The normalized spacial score (nSPS) is 11.9. The number of rotatable bonds is 9. The molecular formula is C21H22BrNO4. The minimum atomic E-state index is -1.07. The largest absolute Gasteiger partial charge is 0.493 e. The van der Waals surface area contributed by atoms with Crippen LogP contribution in [0.1, 0.15) is 24.5 Å². The molecule has 142 valence electrons. The van der Waals surface area contributed by atoms with Gasteiger partial charge in [0, 0.05) is 22.5 Å². The molecule has 0 bridgehead atoms. The van der Waals surface area contributed by atoms with Crippen LogP contribution in [0.15, 0.2) is 59.1 Å². The van der Waals surface area contributed by atoms with Gasteiger partial charge in [0.2, 0.25) is 5.91 Å². The Labute approximate surface area is 167 Å². The molecule has 2 N–H and O–H groups in total. The molecule has 0 aliphatic heterocycles. The summed E-state index contributed by atoms with van der Waals surface area (Å²) in [4.78, 5) is 23.7. The minimum Gasteiger partial charge on any atom is -0.493 e. The predicted molar refractivity (Wildman–Crippen MR) is 109 cm³/mol. The van der Waals surface area contributed by atoms with E-state index in [2.05, 4.69) is 21.2 Å². The van der Waals surface area contributed by atoms with Gasteiger partial charge in [0.05, 0.1) is 6.61 Å². The summed E-state index contributed by atoms with van der Waals surface area (Å²) in [6.45, 7) is 2.59. The van der Waals surface area contributed by atoms with E-state index < -0.39 is 17.9 Å². The van der Waals surface area contributed by atoms with Crippen LogP contribution in [0.5, 0.6) is 5.75 Å². The van der Waals surface area contributed by atoms with Gasteiger partial charge in [-0.15, -0.1) is 0 Å². The van der Waals surface area contributed by atoms with E-state index in [1.165, 1.54) is 6.08 Å². The Morgan fingerprint density at radius 2 is 1.96 bits per heavy atom. The van der Waals surface area contributed by atoms with Gasteiger partial charge in [0.1, 0.15) is 11.8 Å². The zero-order chi connectivity index (χ0) is 19.6. The summed E-state index contributed by atoms with van der Waals surface area (Å²) in [7, 11) is 0. The fourth-order valence-electron chi connectivity index (χ4n) is 2.43. The second kappa shape index (κ2) is 10.5. The topological polar surface area (TPSA) is 75.6 Å². The number of hydrogen-bond acceptors (Lipinski definition) is 3. The number of hydrogen-bond donors (Lipinski definition) is 2. The van der Waals surface area contributed by atoms with E-state index in [-0.39, 0.29) is 6.42 Å². The Bertz CT molecular complexity index is 805. The van der Waals surface area contributed by atoms with Gasteiger partial charge in [-0.1, -0.05) is 53.2 Å². The first-order chi connectivity index (χ1) is 13.0. The van der Waals surface area contributed by atoms with E-state index in [4.69, 9.17) is 4.74 Å². The molecular weight excluding hydrogens is 410 g/mol. The van der Waals surface area contributed by atoms with Crippen molar-refractivity contribution in [1.82, 2.24) is 5.32 Å². The smallest absolute Gasteiger partial charge is 0.326 e. The molecule has 0 spiro atoms. The van der Waals surface area contributed by atoms with Crippen molar-refractivity contribution in [3.8, 4) is 5.75 Å². The Kier molecular flexibility index (Phi) is 8.07.